The molecule has 0 aromatic carbocycles. The molecule has 6 nitrogen and oxygen atoms in total. The summed E-state index contributed by atoms with van der Waals surface area (Å²) in [5, 5.41) is 11.1. The number of H-pyrrole nitrogens is 1. The zero-order chi connectivity index (χ0) is 14.6. The van der Waals surface area contributed by atoms with Gasteiger partial charge in [-0.2, -0.15) is 4.31 Å². The van der Waals surface area contributed by atoms with Gasteiger partial charge in [0.25, 0.3) is 10.0 Å². The number of aliphatic hydroxyl groups excluding tert-OH is 1. The van der Waals surface area contributed by atoms with Crippen LogP contribution in [0.15, 0.2) is 28.7 Å². The lowest BCUT2D eigenvalue weighted by Gasteiger charge is -2.19. The third kappa shape index (κ3) is 3.26. The standard InChI is InChI=1S/C12H17N3O3S2/c1-2-11-13-8-12(14-11)20(17,18)15(5-6-16)9-10-4-3-7-19-10/h3-4,7-8,16H,2,5-6,9H2,1H3,(H,13,14). The Morgan fingerprint density at radius 2 is 2.30 bits per heavy atom. The maximum Gasteiger partial charge on any atom is 0.260 e. The second-order valence-corrected chi connectivity index (χ2v) is 7.13. The number of aliphatic hydroxyl groups is 1. The monoisotopic (exact) mass is 315 g/mol. The van der Waals surface area contributed by atoms with E-state index in [0.717, 1.165) is 4.88 Å². The third-order valence-corrected chi connectivity index (χ3v) is 5.44. The van der Waals surface area contributed by atoms with E-state index < -0.39 is 10.0 Å². The lowest BCUT2D eigenvalue weighted by molar-refractivity contribution is 0.251. The van der Waals surface area contributed by atoms with Gasteiger partial charge in [-0.05, 0) is 11.4 Å². The van der Waals surface area contributed by atoms with Crippen molar-refractivity contribution >= 4 is 21.4 Å². The van der Waals surface area contributed by atoms with Crippen molar-refractivity contribution in [2.24, 2.45) is 0 Å². The van der Waals surface area contributed by atoms with Crippen molar-refractivity contribution in [3.05, 3.63) is 34.4 Å². The summed E-state index contributed by atoms with van der Waals surface area (Å²) in [6.45, 7) is 1.98. The molecule has 0 aliphatic heterocycles. The highest BCUT2D eigenvalue weighted by molar-refractivity contribution is 7.89. The molecule has 0 amide bonds. The van der Waals surface area contributed by atoms with Crippen molar-refractivity contribution in [1.29, 1.82) is 0 Å². The molecule has 0 atom stereocenters. The summed E-state index contributed by atoms with van der Waals surface area (Å²) in [6, 6.07) is 3.74. The van der Waals surface area contributed by atoms with Crippen LogP contribution in [-0.2, 0) is 23.0 Å². The molecule has 0 spiro atoms. The van der Waals surface area contributed by atoms with Gasteiger partial charge in [0.15, 0.2) is 5.03 Å². The molecule has 20 heavy (non-hydrogen) atoms. The van der Waals surface area contributed by atoms with E-state index in [4.69, 9.17) is 5.11 Å². The normalized spacial score (nSPS) is 12.2. The van der Waals surface area contributed by atoms with Gasteiger partial charge in [0.05, 0.1) is 12.8 Å². The molecule has 0 saturated heterocycles. The molecule has 0 aliphatic rings. The highest BCUT2D eigenvalue weighted by atomic mass is 32.2. The lowest BCUT2D eigenvalue weighted by atomic mass is 10.4. The minimum absolute atomic E-state index is 0.0563. The van der Waals surface area contributed by atoms with Gasteiger partial charge >= 0.3 is 0 Å². The summed E-state index contributed by atoms with van der Waals surface area (Å²) < 4.78 is 26.3. The minimum Gasteiger partial charge on any atom is -0.395 e. The van der Waals surface area contributed by atoms with Gasteiger partial charge in [-0.15, -0.1) is 11.3 Å². The molecule has 0 saturated carbocycles. The number of hydrogen-bond acceptors (Lipinski definition) is 5. The van der Waals surface area contributed by atoms with Gasteiger partial charge in [-0.25, -0.2) is 13.4 Å². The molecule has 2 N–H and O–H groups in total. The molecular weight excluding hydrogens is 298 g/mol. The molecule has 2 aromatic rings. The van der Waals surface area contributed by atoms with E-state index in [1.165, 1.54) is 21.8 Å². The number of hydrogen-bond donors (Lipinski definition) is 2. The fourth-order valence-electron chi connectivity index (χ4n) is 1.77. The molecule has 2 heterocycles. The van der Waals surface area contributed by atoms with Crippen molar-refractivity contribution in [2.45, 2.75) is 24.9 Å². The van der Waals surface area contributed by atoms with Crippen molar-refractivity contribution < 1.29 is 13.5 Å². The van der Waals surface area contributed by atoms with Crippen LogP contribution in [0.5, 0.6) is 0 Å². The molecule has 2 rings (SSSR count). The van der Waals surface area contributed by atoms with Crippen LogP contribution in [0.25, 0.3) is 0 Å². The quantitative estimate of drug-likeness (QED) is 0.804. The van der Waals surface area contributed by atoms with Gasteiger partial charge in [-0.1, -0.05) is 13.0 Å². The van der Waals surface area contributed by atoms with E-state index >= 15 is 0 Å². The van der Waals surface area contributed by atoms with E-state index in [2.05, 4.69) is 9.97 Å². The van der Waals surface area contributed by atoms with Crippen LogP contribution in [0, 0.1) is 0 Å². The first-order chi connectivity index (χ1) is 9.57. The predicted molar refractivity (Wildman–Crippen MR) is 77.0 cm³/mol. The van der Waals surface area contributed by atoms with Crippen LogP contribution in [-0.4, -0.2) is 40.9 Å². The molecule has 8 heteroatoms. The number of aromatic amines is 1. The van der Waals surface area contributed by atoms with Crippen LogP contribution in [0.2, 0.25) is 0 Å². The van der Waals surface area contributed by atoms with Crippen LogP contribution >= 0.6 is 11.3 Å². The number of thiophene rings is 1. The molecule has 0 unspecified atom stereocenters. The number of sulfonamides is 1. The van der Waals surface area contributed by atoms with Crippen molar-refractivity contribution in [3.8, 4) is 0 Å². The fraction of sp³-hybridized carbons (Fsp3) is 0.417. The molecule has 0 aliphatic carbocycles. The maximum atomic E-state index is 12.5. The number of aromatic nitrogens is 2. The van der Waals surface area contributed by atoms with E-state index in [-0.39, 0.29) is 24.7 Å². The van der Waals surface area contributed by atoms with Gasteiger partial charge in [-0.3, -0.25) is 0 Å². The molecule has 0 fully saturated rings. The van der Waals surface area contributed by atoms with E-state index in [0.29, 0.717) is 12.2 Å². The van der Waals surface area contributed by atoms with Crippen LogP contribution in [0.1, 0.15) is 17.6 Å². The SMILES string of the molecule is CCc1ncc(S(=O)(=O)N(CCO)Cc2cccs2)[nH]1. The molecule has 2 aromatic heterocycles. The Bertz CT molecular complexity index is 635. The number of aryl methyl sites for hydroxylation is 1. The van der Waals surface area contributed by atoms with Crippen LogP contribution in [0.4, 0.5) is 0 Å². The van der Waals surface area contributed by atoms with Gasteiger partial charge < -0.3 is 10.1 Å². The summed E-state index contributed by atoms with van der Waals surface area (Å²) in [7, 11) is -3.67. The number of rotatable bonds is 7. The van der Waals surface area contributed by atoms with Crippen LogP contribution < -0.4 is 0 Å². The van der Waals surface area contributed by atoms with Crippen molar-refractivity contribution in [1.82, 2.24) is 14.3 Å². The highest BCUT2D eigenvalue weighted by Crippen LogP contribution is 2.19. The smallest absolute Gasteiger partial charge is 0.260 e. The summed E-state index contributed by atoms with van der Waals surface area (Å²) in [6.07, 6.45) is 1.97. The average Bonchev–Trinajstić information content (AvgIpc) is 3.09. The summed E-state index contributed by atoms with van der Waals surface area (Å²) in [5.74, 6) is 0.628. The Balaban J connectivity index is 2.26. The topological polar surface area (TPSA) is 86.3 Å². The zero-order valence-corrected chi connectivity index (χ0v) is 12.7. The lowest BCUT2D eigenvalue weighted by Crippen LogP contribution is -2.33. The molecule has 0 radical (unpaired) electrons. The second-order valence-electron chi connectivity index (χ2n) is 4.19. The Kier molecular flexibility index (Phi) is 4.92. The Morgan fingerprint density at radius 1 is 1.50 bits per heavy atom. The maximum absolute atomic E-state index is 12.5. The number of nitrogens with one attached hydrogen (secondary N) is 1. The highest BCUT2D eigenvalue weighted by Gasteiger charge is 2.26. The first-order valence-electron chi connectivity index (χ1n) is 6.25. The van der Waals surface area contributed by atoms with Crippen LogP contribution in [0.3, 0.4) is 0 Å². The van der Waals surface area contributed by atoms with E-state index in [1.807, 2.05) is 24.4 Å². The summed E-state index contributed by atoms with van der Waals surface area (Å²) >= 11 is 1.48. The minimum atomic E-state index is -3.67. The van der Waals surface area contributed by atoms with Gasteiger partial charge in [0.1, 0.15) is 5.82 Å². The van der Waals surface area contributed by atoms with Crippen molar-refractivity contribution in [2.75, 3.05) is 13.2 Å². The first kappa shape index (κ1) is 15.2. The number of nitrogens with zero attached hydrogens (tertiary/aromatic N) is 2. The molecule has 0 bridgehead atoms. The molecule has 110 valence electrons. The van der Waals surface area contributed by atoms with Gasteiger partial charge in [0, 0.05) is 24.4 Å². The first-order valence-corrected chi connectivity index (χ1v) is 8.57. The van der Waals surface area contributed by atoms with Crippen molar-refractivity contribution in [3.63, 3.8) is 0 Å². The summed E-state index contributed by atoms with van der Waals surface area (Å²) in [5.41, 5.74) is 0. The van der Waals surface area contributed by atoms with E-state index in [9.17, 15) is 8.42 Å². The largest absolute Gasteiger partial charge is 0.395 e. The second kappa shape index (κ2) is 6.49. The Hall–Kier alpha value is -1.22. The zero-order valence-electron chi connectivity index (χ0n) is 11.1. The number of imidazole rings is 1. The van der Waals surface area contributed by atoms with Gasteiger partial charge in [0.2, 0.25) is 0 Å². The molecular formula is C12H17N3O3S2. The Morgan fingerprint density at radius 3 is 2.85 bits per heavy atom. The fourth-order valence-corrected chi connectivity index (χ4v) is 3.91. The van der Waals surface area contributed by atoms with E-state index in [1.54, 1.807) is 0 Å². The Labute approximate surface area is 122 Å². The predicted octanol–water partition coefficient (Wildman–Crippen LogP) is 1.22. The third-order valence-electron chi connectivity index (χ3n) is 2.82. The summed E-state index contributed by atoms with van der Waals surface area (Å²) in [4.78, 5) is 7.75. The average molecular weight is 315 g/mol.